The van der Waals surface area contributed by atoms with Gasteiger partial charge in [-0.2, -0.15) is 0 Å². The van der Waals surface area contributed by atoms with Crippen LogP contribution in [0.15, 0.2) is 170 Å². The van der Waals surface area contributed by atoms with Gasteiger partial charge in [-0.3, -0.25) is 9.97 Å². The summed E-state index contributed by atoms with van der Waals surface area (Å²) in [6, 6.07) is 56.2. The van der Waals surface area contributed by atoms with Gasteiger partial charge in [-0.1, -0.05) is 77.9 Å². The molecule has 5 heteroatoms. The van der Waals surface area contributed by atoms with E-state index in [2.05, 4.69) is 121 Å². The quantitative estimate of drug-likeness (QED) is 0.128. The van der Waals surface area contributed by atoms with Gasteiger partial charge in [0, 0.05) is 50.3 Å². The fraction of sp³-hybridized carbons (Fsp3) is 0.0417. The van der Waals surface area contributed by atoms with Crippen molar-refractivity contribution in [1.82, 2.24) is 19.9 Å². The van der Waals surface area contributed by atoms with E-state index in [-0.39, 0.29) is 20.1 Å². The summed E-state index contributed by atoms with van der Waals surface area (Å²) in [5.41, 5.74) is 13.9. The third-order valence-electron chi connectivity index (χ3n) is 9.24. The minimum Gasteiger partial charge on any atom is -0.305 e. The molecule has 1 radical (unpaired) electrons. The van der Waals surface area contributed by atoms with Gasteiger partial charge in [-0.05, 0) is 100 Å². The van der Waals surface area contributed by atoms with Crippen LogP contribution in [-0.2, 0) is 20.1 Å². The zero-order valence-electron chi connectivity index (χ0n) is 29.3. The van der Waals surface area contributed by atoms with E-state index in [1.165, 1.54) is 27.5 Å². The first-order chi connectivity index (χ1) is 25.6. The van der Waals surface area contributed by atoms with Crippen LogP contribution in [0.25, 0.3) is 77.7 Å². The number of aromatic nitrogens is 4. The van der Waals surface area contributed by atoms with Gasteiger partial charge in [0.15, 0.2) is 0 Å². The van der Waals surface area contributed by atoms with E-state index in [4.69, 9.17) is 9.97 Å². The van der Waals surface area contributed by atoms with Gasteiger partial charge in [-0.15, -0.1) is 65.7 Å². The summed E-state index contributed by atoms with van der Waals surface area (Å²) in [6.45, 7) is 4.24. The Labute approximate surface area is 323 Å². The minimum absolute atomic E-state index is 0. The van der Waals surface area contributed by atoms with Crippen molar-refractivity contribution in [3.8, 4) is 56.0 Å². The number of fused-ring (bicyclic) bond motifs is 3. The van der Waals surface area contributed by atoms with E-state index in [0.717, 1.165) is 61.4 Å². The van der Waals surface area contributed by atoms with E-state index < -0.39 is 0 Å². The standard InChI is InChI=1S/C37H26N3.C11H8N.Ir/c1-24-15-18-39-35(20-24)28-10-6-11-29(21-28)37-25(2)30(16-19-40-37)34-23-36-32(12-7-17-38-36)31-14-13-27(22-33(31)34)26-8-4-3-5-9-26;1-2-6-10(7-3-1)11-8-4-5-9-12-11;/h3-9,11-23H,1-2H3;1-6,8-9H;/q2*-1;. The van der Waals surface area contributed by atoms with Crippen LogP contribution in [0, 0.1) is 26.0 Å². The summed E-state index contributed by atoms with van der Waals surface area (Å²) in [7, 11) is 0. The molecule has 0 saturated carbocycles. The molecular weight excluding hydrogens is 825 g/mol. The molecular formula is C48H34IrN4-2. The molecule has 4 aromatic heterocycles. The van der Waals surface area contributed by atoms with Crippen LogP contribution in [-0.4, -0.2) is 19.9 Å². The van der Waals surface area contributed by atoms with Crippen molar-refractivity contribution in [2.24, 2.45) is 0 Å². The Kier molecular flexibility index (Phi) is 10.7. The maximum absolute atomic E-state index is 4.84. The summed E-state index contributed by atoms with van der Waals surface area (Å²) in [5, 5.41) is 3.55. The summed E-state index contributed by atoms with van der Waals surface area (Å²) in [4.78, 5) is 18.4. The molecule has 0 fully saturated rings. The predicted octanol–water partition coefficient (Wildman–Crippen LogP) is 11.8. The summed E-state index contributed by atoms with van der Waals surface area (Å²) in [5.74, 6) is 0. The van der Waals surface area contributed by atoms with Gasteiger partial charge < -0.3 is 9.97 Å². The summed E-state index contributed by atoms with van der Waals surface area (Å²) >= 11 is 0. The summed E-state index contributed by atoms with van der Waals surface area (Å²) < 4.78 is 0. The van der Waals surface area contributed by atoms with Crippen LogP contribution < -0.4 is 0 Å². The van der Waals surface area contributed by atoms with Gasteiger partial charge in [0.25, 0.3) is 0 Å². The molecule has 0 saturated heterocycles. The number of benzene rings is 5. The Morgan fingerprint density at radius 2 is 1.23 bits per heavy atom. The van der Waals surface area contributed by atoms with E-state index >= 15 is 0 Å². The molecule has 0 aliphatic carbocycles. The van der Waals surface area contributed by atoms with Crippen LogP contribution in [0.2, 0.25) is 0 Å². The van der Waals surface area contributed by atoms with Gasteiger partial charge in [0.1, 0.15) is 0 Å². The number of pyridine rings is 4. The minimum atomic E-state index is 0. The SMILES string of the molecule is Cc1ccnc(-c2[c-]ccc(-c3nccc(-c4cc5ncccc5c5ccc(-c6ccccc6)cc45)c3C)c2)c1.[Ir].[c-]1ccccc1-c1ccccn1. The normalized spacial score (nSPS) is 10.7. The third-order valence-corrected chi connectivity index (χ3v) is 9.24. The first-order valence-corrected chi connectivity index (χ1v) is 17.3. The van der Waals surface area contributed by atoms with E-state index in [1.807, 2.05) is 79.3 Å². The molecule has 4 heterocycles. The Bertz CT molecular complexity index is 2610. The molecule has 0 atom stereocenters. The molecule has 0 aliphatic heterocycles. The zero-order chi connectivity index (χ0) is 35.3. The van der Waals surface area contributed by atoms with E-state index in [1.54, 1.807) is 6.20 Å². The van der Waals surface area contributed by atoms with Crippen molar-refractivity contribution in [2.45, 2.75) is 13.8 Å². The largest absolute Gasteiger partial charge is 0.305 e. The van der Waals surface area contributed by atoms with Crippen LogP contribution >= 0.6 is 0 Å². The predicted molar refractivity (Wildman–Crippen MR) is 213 cm³/mol. The number of nitrogens with zero attached hydrogens (tertiary/aromatic N) is 4. The van der Waals surface area contributed by atoms with Crippen LogP contribution in [0.1, 0.15) is 11.1 Å². The van der Waals surface area contributed by atoms with Crippen molar-refractivity contribution in [2.75, 3.05) is 0 Å². The third kappa shape index (κ3) is 7.59. The molecule has 257 valence electrons. The molecule has 0 aliphatic rings. The van der Waals surface area contributed by atoms with Crippen molar-refractivity contribution < 1.29 is 20.1 Å². The average molecular weight is 859 g/mol. The number of rotatable bonds is 5. The monoisotopic (exact) mass is 859 g/mol. The fourth-order valence-electron chi connectivity index (χ4n) is 6.65. The van der Waals surface area contributed by atoms with Gasteiger partial charge in [-0.25, -0.2) is 0 Å². The maximum atomic E-state index is 4.84. The Balaban J connectivity index is 0.000000284. The molecule has 0 bridgehead atoms. The smallest absolute Gasteiger partial charge is 0.0714 e. The van der Waals surface area contributed by atoms with Crippen LogP contribution in [0.4, 0.5) is 0 Å². The second kappa shape index (κ2) is 16.0. The second-order valence-corrected chi connectivity index (χ2v) is 12.7. The van der Waals surface area contributed by atoms with Gasteiger partial charge >= 0.3 is 0 Å². The average Bonchev–Trinajstić information content (AvgIpc) is 3.22. The Morgan fingerprint density at radius 3 is 2.04 bits per heavy atom. The van der Waals surface area contributed by atoms with Crippen molar-refractivity contribution in [1.29, 1.82) is 0 Å². The molecule has 5 aromatic carbocycles. The topological polar surface area (TPSA) is 51.6 Å². The van der Waals surface area contributed by atoms with Crippen molar-refractivity contribution in [3.63, 3.8) is 0 Å². The maximum Gasteiger partial charge on any atom is 0.0714 e. The van der Waals surface area contributed by atoms with Gasteiger partial charge in [0.2, 0.25) is 0 Å². The molecule has 9 rings (SSSR count). The number of hydrogen-bond acceptors (Lipinski definition) is 4. The summed E-state index contributed by atoms with van der Waals surface area (Å²) in [6.07, 6.45) is 7.41. The first kappa shape index (κ1) is 35.3. The van der Waals surface area contributed by atoms with E-state index in [9.17, 15) is 0 Å². The van der Waals surface area contributed by atoms with Crippen LogP contribution in [0.3, 0.4) is 0 Å². The first-order valence-electron chi connectivity index (χ1n) is 17.3. The molecule has 0 N–H and O–H groups in total. The Morgan fingerprint density at radius 1 is 0.434 bits per heavy atom. The Hall–Kier alpha value is -6.13. The van der Waals surface area contributed by atoms with Crippen molar-refractivity contribution in [3.05, 3.63) is 194 Å². The molecule has 0 amide bonds. The molecule has 4 nitrogen and oxygen atoms in total. The fourth-order valence-corrected chi connectivity index (χ4v) is 6.65. The number of aryl methyl sites for hydroxylation is 1. The second-order valence-electron chi connectivity index (χ2n) is 12.7. The molecule has 53 heavy (non-hydrogen) atoms. The zero-order valence-corrected chi connectivity index (χ0v) is 31.7. The van der Waals surface area contributed by atoms with Crippen molar-refractivity contribution >= 4 is 21.7 Å². The molecule has 0 unspecified atom stereocenters. The molecule has 9 aromatic rings. The van der Waals surface area contributed by atoms with E-state index in [0.29, 0.717) is 0 Å². The van der Waals surface area contributed by atoms with Gasteiger partial charge in [0.05, 0.1) is 11.2 Å². The van der Waals surface area contributed by atoms with Crippen LogP contribution in [0.5, 0.6) is 0 Å². The number of hydrogen-bond donors (Lipinski definition) is 0. The molecule has 0 spiro atoms.